The van der Waals surface area contributed by atoms with Crippen LogP contribution >= 0.6 is 15.9 Å². The van der Waals surface area contributed by atoms with E-state index in [9.17, 15) is 0 Å². The van der Waals surface area contributed by atoms with Crippen LogP contribution in [0.3, 0.4) is 0 Å². The maximum absolute atomic E-state index is 5.98. The molecule has 1 aromatic rings. The van der Waals surface area contributed by atoms with Crippen LogP contribution in [0.1, 0.15) is 44.7 Å². The van der Waals surface area contributed by atoms with Crippen LogP contribution in [0.2, 0.25) is 0 Å². The second-order valence-electron chi connectivity index (χ2n) is 6.81. The quantitative estimate of drug-likeness (QED) is 0.626. The van der Waals surface area contributed by atoms with E-state index in [0.717, 1.165) is 21.4 Å². The Labute approximate surface area is 159 Å². The lowest BCUT2D eigenvalue weighted by molar-refractivity contribution is 0.151. The molecule has 2 rings (SSSR count). The van der Waals surface area contributed by atoms with Crippen molar-refractivity contribution in [2.75, 3.05) is 13.7 Å². The standard InChI is InChI=1S/C21H28BrNO2/c1-12(2)25-16(6)21-19(11-24-7)23-15(5)14(4)20(21)17-9-8-13(3)10-18(17)22/h8-10,12,20,23H,6,11H2,1-5,7H3. The molecule has 1 aromatic carbocycles. The van der Waals surface area contributed by atoms with Crippen molar-refractivity contribution in [3.63, 3.8) is 0 Å². The van der Waals surface area contributed by atoms with Crippen molar-refractivity contribution in [1.82, 2.24) is 5.32 Å². The molecule has 0 spiro atoms. The van der Waals surface area contributed by atoms with Gasteiger partial charge in [-0.25, -0.2) is 0 Å². The molecule has 4 heteroatoms. The van der Waals surface area contributed by atoms with Gasteiger partial charge in [-0.1, -0.05) is 34.6 Å². The smallest absolute Gasteiger partial charge is 0.118 e. The number of halogens is 1. The third-order valence-electron chi connectivity index (χ3n) is 4.41. The number of nitrogens with one attached hydrogen (secondary N) is 1. The van der Waals surface area contributed by atoms with E-state index in [0.29, 0.717) is 12.4 Å². The number of benzene rings is 1. The van der Waals surface area contributed by atoms with Crippen molar-refractivity contribution in [3.05, 3.63) is 68.7 Å². The van der Waals surface area contributed by atoms with Gasteiger partial charge in [-0.2, -0.15) is 0 Å². The van der Waals surface area contributed by atoms with E-state index in [2.05, 4.69) is 66.8 Å². The van der Waals surface area contributed by atoms with Crippen LogP contribution in [-0.4, -0.2) is 19.8 Å². The van der Waals surface area contributed by atoms with Crippen LogP contribution in [-0.2, 0) is 9.47 Å². The monoisotopic (exact) mass is 405 g/mol. The number of methoxy groups -OCH3 is 1. The summed E-state index contributed by atoms with van der Waals surface area (Å²) in [6, 6.07) is 6.48. The van der Waals surface area contributed by atoms with Crippen LogP contribution in [0, 0.1) is 6.92 Å². The minimum atomic E-state index is 0.0678. The molecule has 0 radical (unpaired) electrons. The van der Waals surface area contributed by atoms with Gasteiger partial charge in [0.15, 0.2) is 0 Å². The molecule has 0 aliphatic carbocycles. The highest BCUT2D eigenvalue weighted by molar-refractivity contribution is 9.10. The summed E-state index contributed by atoms with van der Waals surface area (Å²) >= 11 is 3.75. The zero-order valence-electron chi connectivity index (χ0n) is 16.0. The van der Waals surface area contributed by atoms with Gasteiger partial charge >= 0.3 is 0 Å². The molecule has 0 bridgehead atoms. The van der Waals surface area contributed by atoms with E-state index in [1.54, 1.807) is 7.11 Å². The Morgan fingerprint density at radius 3 is 2.52 bits per heavy atom. The van der Waals surface area contributed by atoms with Gasteiger partial charge in [0.05, 0.1) is 12.7 Å². The molecule has 3 nitrogen and oxygen atoms in total. The summed E-state index contributed by atoms with van der Waals surface area (Å²) in [6.45, 7) is 15.1. The molecule has 1 atom stereocenters. The van der Waals surface area contributed by atoms with Gasteiger partial charge < -0.3 is 14.8 Å². The second kappa shape index (κ2) is 8.24. The molecule has 0 fully saturated rings. The third-order valence-corrected chi connectivity index (χ3v) is 5.10. The molecule has 1 heterocycles. The fraction of sp³-hybridized carbons (Fsp3) is 0.429. The van der Waals surface area contributed by atoms with Crippen molar-refractivity contribution in [3.8, 4) is 0 Å². The van der Waals surface area contributed by atoms with Gasteiger partial charge in [-0.3, -0.25) is 0 Å². The maximum atomic E-state index is 5.98. The number of rotatable bonds is 6. The Hall–Kier alpha value is -1.52. The topological polar surface area (TPSA) is 30.5 Å². The van der Waals surface area contributed by atoms with E-state index >= 15 is 0 Å². The molecule has 0 amide bonds. The first kappa shape index (κ1) is 19.8. The molecule has 1 aliphatic rings. The number of allylic oxidation sites excluding steroid dienone is 3. The van der Waals surface area contributed by atoms with Gasteiger partial charge in [0.1, 0.15) is 5.76 Å². The average molecular weight is 406 g/mol. The second-order valence-corrected chi connectivity index (χ2v) is 7.66. The van der Waals surface area contributed by atoms with Gasteiger partial charge in [0, 0.05) is 34.5 Å². The fourth-order valence-corrected chi connectivity index (χ4v) is 3.91. The molecule has 0 saturated heterocycles. The molecule has 0 saturated carbocycles. The number of hydrogen-bond acceptors (Lipinski definition) is 3. The van der Waals surface area contributed by atoms with Gasteiger partial charge in [0.2, 0.25) is 0 Å². The van der Waals surface area contributed by atoms with E-state index in [1.165, 1.54) is 16.7 Å². The van der Waals surface area contributed by atoms with E-state index in [4.69, 9.17) is 9.47 Å². The molecule has 1 unspecified atom stereocenters. The molecule has 136 valence electrons. The number of aryl methyl sites for hydroxylation is 1. The summed E-state index contributed by atoms with van der Waals surface area (Å²) < 4.78 is 12.5. The van der Waals surface area contributed by atoms with Crippen LogP contribution < -0.4 is 5.32 Å². The first-order valence-corrected chi connectivity index (χ1v) is 9.33. The fourth-order valence-electron chi connectivity index (χ4n) is 3.19. The summed E-state index contributed by atoms with van der Waals surface area (Å²) in [5.41, 5.74) is 6.90. The predicted octanol–water partition coefficient (Wildman–Crippen LogP) is 5.58. The summed E-state index contributed by atoms with van der Waals surface area (Å²) in [5.74, 6) is 0.770. The highest BCUT2D eigenvalue weighted by atomic mass is 79.9. The Kier molecular flexibility index (Phi) is 6.53. The Morgan fingerprint density at radius 1 is 1.28 bits per heavy atom. The lowest BCUT2D eigenvalue weighted by Gasteiger charge is -2.34. The molecular weight excluding hydrogens is 378 g/mol. The van der Waals surface area contributed by atoms with Crippen molar-refractivity contribution in [2.24, 2.45) is 0 Å². The van der Waals surface area contributed by atoms with Crippen LogP contribution in [0.4, 0.5) is 0 Å². The molecule has 1 aliphatic heterocycles. The van der Waals surface area contributed by atoms with Crippen molar-refractivity contribution >= 4 is 15.9 Å². The van der Waals surface area contributed by atoms with Crippen molar-refractivity contribution in [2.45, 2.75) is 46.6 Å². The first-order valence-electron chi connectivity index (χ1n) is 8.54. The average Bonchev–Trinajstić information content (AvgIpc) is 2.50. The minimum Gasteiger partial charge on any atom is -0.491 e. The Balaban J connectivity index is 2.63. The van der Waals surface area contributed by atoms with Gasteiger partial charge in [0.25, 0.3) is 0 Å². The third kappa shape index (κ3) is 4.36. The molecular formula is C21H28BrNO2. The van der Waals surface area contributed by atoms with Crippen LogP contribution in [0.15, 0.2) is 57.6 Å². The molecule has 1 N–H and O–H groups in total. The zero-order valence-corrected chi connectivity index (χ0v) is 17.6. The largest absolute Gasteiger partial charge is 0.491 e. The first-order chi connectivity index (χ1) is 11.8. The molecule has 0 aromatic heterocycles. The number of hydrogen-bond donors (Lipinski definition) is 1. The summed E-state index contributed by atoms with van der Waals surface area (Å²) in [7, 11) is 1.70. The van der Waals surface area contributed by atoms with Gasteiger partial charge in [-0.05, 0) is 57.4 Å². The predicted molar refractivity (Wildman–Crippen MR) is 107 cm³/mol. The number of dihydropyridines is 1. The summed E-state index contributed by atoms with van der Waals surface area (Å²) in [5, 5.41) is 3.48. The highest BCUT2D eigenvalue weighted by Crippen LogP contribution is 2.43. The summed E-state index contributed by atoms with van der Waals surface area (Å²) in [4.78, 5) is 0. The maximum Gasteiger partial charge on any atom is 0.118 e. The van der Waals surface area contributed by atoms with E-state index in [-0.39, 0.29) is 12.0 Å². The SMILES string of the molecule is C=C(OC(C)C)C1=C(COC)NC(C)=C(C)C1c1ccc(C)cc1Br. The Bertz CT molecular complexity index is 731. The molecule has 25 heavy (non-hydrogen) atoms. The van der Waals surface area contributed by atoms with E-state index in [1.807, 2.05) is 13.8 Å². The Morgan fingerprint density at radius 2 is 1.96 bits per heavy atom. The van der Waals surface area contributed by atoms with Crippen LogP contribution in [0.25, 0.3) is 0 Å². The normalized spacial score (nSPS) is 17.8. The lowest BCUT2D eigenvalue weighted by atomic mass is 9.80. The minimum absolute atomic E-state index is 0.0678. The highest BCUT2D eigenvalue weighted by Gasteiger charge is 2.31. The van der Waals surface area contributed by atoms with Crippen LogP contribution in [0.5, 0.6) is 0 Å². The van der Waals surface area contributed by atoms with Gasteiger partial charge in [-0.15, -0.1) is 0 Å². The van der Waals surface area contributed by atoms with Crippen molar-refractivity contribution in [1.29, 1.82) is 0 Å². The lowest BCUT2D eigenvalue weighted by Crippen LogP contribution is -2.28. The number of ether oxygens (including phenoxy) is 2. The summed E-state index contributed by atoms with van der Waals surface area (Å²) in [6.07, 6.45) is 0.0678. The van der Waals surface area contributed by atoms with E-state index < -0.39 is 0 Å². The van der Waals surface area contributed by atoms with Crippen molar-refractivity contribution < 1.29 is 9.47 Å². The zero-order chi connectivity index (χ0) is 18.7.